The van der Waals surface area contributed by atoms with Crippen molar-refractivity contribution < 1.29 is 30.0 Å². The minimum absolute atomic E-state index is 0.548. The van der Waals surface area contributed by atoms with Crippen LogP contribution in [-0.4, -0.2) is 28.1 Å². The lowest BCUT2D eigenvalue weighted by Crippen LogP contribution is -2.47. The number of hydrazine groups is 1. The van der Waals surface area contributed by atoms with Gasteiger partial charge in [-0.05, 0) is 6.92 Å². The van der Waals surface area contributed by atoms with Gasteiger partial charge in [0, 0.05) is 0 Å². The van der Waals surface area contributed by atoms with E-state index in [1.165, 1.54) is 0 Å². The van der Waals surface area contributed by atoms with E-state index in [0.29, 0.717) is 4.83 Å². The van der Waals surface area contributed by atoms with Gasteiger partial charge in [-0.2, -0.15) is 13.2 Å². The molecule has 0 saturated heterocycles. The topological polar surface area (TPSA) is 92.3 Å². The van der Waals surface area contributed by atoms with Crippen LogP contribution in [0.5, 0.6) is 0 Å². The monoisotopic (exact) mass is 256 g/mol. The Kier molecular flexibility index (Phi) is 3.89. The van der Waals surface area contributed by atoms with E-state index < -0.39 is 31.3 Å². The first-order valence-electron chi connectivity index (χ1n) is 3.09. The van der Waals surface area contributed by atoms with Gasteiger partial charge in [0.25, 0.3) is 0 Å². The third-order valence-corrected chi connectivity index (χ3v) is 3.30. The van der Waals surface area contributed by atoms with Crippen molar-refractivity contribution in [1.29, 1.82) is 0 Å². The lowest BCUT2D eigenvalue weighted by Gasteiger charge is -2.09. The molecule has 0 fully saturated rings. The van der Waals surface area contributed by atoms with Gasteiger partial charge in [0.2, 0.25) is 10.0 Å². The average Bonchev–Trinajstić information content (AvgIpc) is 1.99. The zero-order valence-corrected chi connectivity index (χ0v) is 8.42. The maximum absolute atomic E-state index is 11.6. The molecule has 0 saturated carbocycles. The van der Waals surface area contributed by atoms with Crippen molar-refractivity contribution in [2.24, 2.45) is 0 Å². The van der Waals surface area contributed by atoms with Crippen LogP contribution in [0.1, 0.15) is 6.92 Å². The summed E-state index contributed by atoms with van der Waals surface area (Å²) in [5.74, 6) is -0.548. The summed E-state index contributed by atoms with van der Waals surface area (Å²) >= 11 is 0. The van der Waals surface area contributed by atoms with Crippen molar-refractivity contribution in [2.45, 2.75) is 12.4 Å². The van der Waals surface area contributed by atoms with Gasteiger partial charge in [-0.1, -0.05) is 0 Å². The molecule has 86 valence electrons. The highest BCUT2D eigenvalue weighted by atomic mass is 32.2. The van der Waals surface area contributed by atoms with Crippen LogP contribution < -0.4 is 9.66 Å². The van der Waals surface area contributed by atoms with E-state index in [-0.39, 0.29) is 0 Å². The van der Waals surface area contributed by atoms with E-state index in [0.717, 1.165) is 11.8 Å². The predicted octanol–water partition coefficient (Wildman–Crippen LogP) is -0.720. The molecule has 0 radical (unpaired) electrons. The molecule has 0 heterocycles. The van der Waals surface area contributed by atoms with Crippen LogP contribution in [0.2, 0.25) is 0 Å². The van der Waals surface area contributed by atoms with Gasteiger partial charge >= 0.3 is 15.5 Å². The number of hydrogen-bond acceptors (Lipinski definition) is 4. The largest absolute Gasteiger partial charge is 0.512 e. The smallest absolute Gasteiger partial charge is 0.211 e. The fourth-order valence-electron chi connectivity index (χ4n) is 0.248. The summed E-state index contributed by atoms with van der Waals surface area (Å²) < 4.78 is 76.5. The molecule has 0 aliphatic heterocycles. The normalized spacial score (nSPS) is 14.3. The summed E-state index contributed by atoms with van der Waals surface area (Å²) in [6.07, 6.45) is 0. The Morgan fingerprint density at radius 2 is 1.50 bits per heavy atom. The Morgan fingerprint density at radius 3 is 1.79 bits per heavy atom. The third-order valence-electron chi connectivity index (χ3n) is 1.02. The standard InChI is InChI=1S/C3H7F3N2O4S2/c1-2-13(9,10)7-8-14(11,12)3(4,5)6/h7-8H,2H2,1H3. The molecule has 0 bridgehead atoms. The Balaban J connectivity index is 4.60. The van der Waals surface area contributed by atoms with Crippen LogP contribution in [0.25, 0.3) is 0 Å². The van der Waals surface area contributed by atoms with E-state index in [2.05, 4.69) is 0 Å². The number of alkyl halides is 3. The molecule has 0 rings (SSSR count). The first-order valence-corrected chi connectivity index (χ1v) is 6.23. The molecule has 0 aliphatic rings. The van der Waals surface area contributed by atoms with E-state index in [1.807, 2.05) is 0 Å². The number of halogens is 3. The highest BCUT2D eigenvalue weighted by molar-refractivity contribution is 7.92. The van der Waals surface area contributed by atoms with Gasteiger partial charge in [0.15, 0.2) is 0 Å². The van der Waals surface area contributed by atoms with Crippen molar-refractivity contribution in [2.75, 3.05) is 5.75 Å². The van der Waals surface area contributed by atoms with Gasteiger partial charge in [0.05, 0.1) is 5.75 Å². The van der Waals surface area contributed by atoms with Crippen LogP contribution >= 0.6 is 0 Å². The van der Waals surface area contributed by atoms with Gasteiger partial charge in [-0.3, -0.25) is 0 Å². The van der Waals surface area contributed by atoms with Crippen molar-refractivity contribution >= 4 is 20.0 Å². The second-order valence-electron chi connectivity index (χ2n) is 2.06. The summed E-state index contributed by atoms with van der Waals surface area (Å²) in [6.45, 7) is 1.13. The summed E-state index contributed by atoms with van der Waals surface area (Å²) in [7, 11) is -9.73. The predicted molar refractivity (Wildman–Crippen MR) is 40.7 cm³/mol. The van der Waals surface area contributed by atoms with Crippen LogP contribution in [-0.2, 0) is 20.0 Å². The fourth-order valence-corrected chi connectivity index (χ4v) is 1.46. The first-order chi connectivity index (χ1) is 6.02. The summed E-state index contributed by atoms with van der Waals surface area (Å²) in [5, 5.41) is 0. The maximum Gasteiger partial charge on any atom is 0.512 e. The fraction of sp³-hybridized carbons (Fsp3) is 1.00. The molecule has 0 unspecified atom stereocenters. The quantitative estimate of drug-likeness (QED) is 0.649. The molecular weight excluding hydrogens is 249 g/mol. The van der Waals surface area contributed by atoms with Crippen molar-refractivity contribution in [3.05, 3.63) is 0 Å². The van der Waals surface area contributed by atoms with Gasteiger partial charge in [-0.25, -0.2) is 16.8 Å². The minimum Gasteiger partial charge on any atom is -0.211 e. The van der Waals surface area contributed by atoms with Gasteiger partial charge in [0.1, 0.15) is 0 Å². The highest BCUT2D eigenvalue weighted by Gasteiger charge is 2.46. The molecule has 14 heavy (non-hydrogen) atoms. The van der Waals surface area contributed by atoms with E-state index in [9.17, 15) is 30.0 Å². The maximum atomic E-state index is 11.6. The summed E-state index contributed by atoms with van der Waals surface area (Å²) in [4.78, 5) is 1.77. The molecule has 0 aromatic rings. The molecule has 2 N–H and O–H groups in total. The van der Waals surface area contributed by atoms with Crippen molar-refractivity contribution in [1.82, 2.24) is 9.66 Å². The molecule has 0 aromatic heterocycles. The Labute approximate surface area is 78.6 Å². The summed E-state index contributed by atoms with van der Waals surface area (Å²) in [5.41, 5.74) is -5.55. The van der Waals surface area contributed by atoms with E-state index in [1.54, 1.807) is 0 Å². The number of rotatable bonds is 4. The Hall–Kier alpha value is -0.390. The minimum atomic E-state index is -5.68. The number of nitrogens with one attached hydrogen (secondary N) is 2. The Bertz CT molecular complexity index is 383. The lowest BCUT2D eigenvalue weighted by molar-refractivity contribution is -0.0449. The molecule has 0 aliphatic carbocycles. The van der Waals surface area contributed by atoms with Crippen molar-refractivity contribution in [3.63, 3.8) is 0 Å². The highest BCUT2D eigenvalue weighted by Crippen LogP contribution is 2.20. The van der Waals surface area contributed by atoms with Crippen LogP contribution in [0.3, 0.4) is 0 Å². The molecule has 0 atom stereocenters. The molecule has 11 heteroatoms. The first kappa shape index (κ1) is 13.6. The molecule has 6 nitrogen and oxygen atoms in total. The molecule has 0 amide bonds. The molecular formula is C3H7F3N2O4S2. The Morgan fingerprint density at radius 1 is 1.07 bits per heavy atom. The van der Waals surface area contributed by atoms with Gasteiger partial charge < -0.3 is 0 Å². The van der Waals surface area contributed by atoms with Crippen LogP contribution in [0.4, 0.5) is 13.2 Å². The summed E-state index contributed by atoms with van der Waals surface area (Å²) in [6, 6.07) is 0. The third kappa shape index (κ3) is 3.77. The SMILES string of the molecule is CCS(=O)(=O)NNS(=O)(=O)C(F)(F)F. The van der Waals surface area contributed by atoms with Gasteiger partial charge in [-0.15, -0.1) is 9.66 Å². The molecule has 0 spiro atoms. The lowest BCUT2D eigenvalue weighted by atomic mass is 11.0. The average molecular weight is 256 g/mol. The zero-order valence-electron chi connectivity index (χ0n) is 6.79. The second kappa shape index (κ2) is 4.00. The van der Waals surface area contributed by atoms with E-state index >= 15 is 0 Å². The number of sulfonamides is 2. The second-order valence-corrected chi connectivity index (χ2v) is 5.74. The number of hydrogen-bond donors (Lipinski definition) is 2. The van der Waals surface area contributed by atoms with E-state index in [4.69, 9.17) is 0 Å². The van der Waals surface area contributed by atoms with Crippen LogP contribution in [0.15, 0.2) is 0 Å². The molecule has 0 aromatic carbocycles. The zero-order chi connectivity index (χ0) is 11.6. The van der Waals surface area contributed by atoms with Crippen LogP contribution in [0, 0.1) is 0 Å². The van der Waals surface area contributed by atoms with Crippen molar-refractivity contribution in [3.8, 4) is 0 Å².